The van der Waals surface area contributed by atoms with Crippen molar-refractivity contribution < 1.29 is 18.3 Å². The maximum absolute atomic E-state index is 11.8. The second kappa shape index (κ2) is 7.75. The lowest BCUT2D eigenvalue weighted by Gasteiger charge is -2.07. The Morgan fingerprint density at radius 3 is 2.74 bits per heavy atom. The first kappa shape index (κ1) is 15.5. The highest BCUT2D eigenvalue weighted by atomic mass is 32.1. The number of carbonyl (C=O) groups excluding carboxylic acids is 1. The average Bonchev–Trinajstić information content (AvgIpc) is 2.37. The Kier molecular flexibility index (Phi) is 6.31. The summed E-state index contributed by atoms with van der Waals surface area (Å²) < 4.78 is 28.2. The molecular formula is C12H14F2N2O2S. The number of hydrogen-bond acceptors (Lipinski definition) is 3. The number of carbonyl (C=O) groups is 1. The summed E-state index contributed by atoms with van der Waals surface area (Å²) in [5, 5.41) is 2.55. The Labute approximate surface area is 114 Å². The van der Waals surface area contributed by atoms with Crippen molar-refractivity contribution in [3.63, 3.8) is 0 Å². The van der Waals surface area contributed by atoms with Crippen LogP contribution in [0.25, 0.3) is 0 Å². The van der Waals surface area contributed by atoms with E-state index in [0.717, 1.165) is 0 Å². The van der Waals surface area contributed by atoms with Crippen molar-refractivity contribution in [2.75, 3.05) is 19.8 Å². The van der Waals surface area contributed by atoms with Gasteiger partial charge in [-0.05, 0) is 12.1 Å². The minimum absolute atomic E-state index is 0.0328. The molecule has 3 N–H and O–H groups in total. The van der Waals surface area contributed by atoms with Crippen LogP contribution in [0.15, 0.2) is 24.3 Å². The van der Waals surface area contributed by atoms with Crippen molar-refractivity contribution in [2.45, 2.75) is 6.43 Å². The zero-order valence-corrected chi connectivity index (χ0v) is 10.9. The molecule has 0 saturated carbocycles. The van der Waals surface area contributed by atoms with Gasteiger partial charge in [0.2, 0.25) is 0 Å². The van der Waals surface area contributed by atoms with Crippen LogP contribution in [0.1, 0.15) is 15.9 Å². The van der Waals surface area contributed by atoms with Crippen LogP contribution in [0, 0.1) is 0 Å². The van der Waals surface area contributed by atoms with Gasteiger partial charge in [-0.15, -0.1) is 0 Å². The van der Waals surface area contributed by atoms with E-state index in [1.54, 1.807) is 24.3 Å². The number of benzene rings is 1. The molecule has 104 valence electrons. The number of hydrogen-bond donors (Lipinski definition) is 2. The summed E-state index contributed by atoms with van der Waals surface area (Å²) in [5.41, 5.74) is 6.46. The highest BCUT2D eigenvalue weighted by Gasteiger charge is 2.07. The summed E-state index contributed by atoms with van der Waals surface area (Å²) in [7, 11) is 0. The fraction of sp³-hybridized carbons (Fsp3) is 0.333. The maximum Gasteiger partial charge on any atom is 0.261 e. The number of thiocarbonyl (C=S) groups is 1. The molecule has 4 nitrogen and oxygen atoms in total. The average molecular weight is 288 g/mol. The normalized spacial score (nSPS) is 10.5. The predicted molar refractivity (Wildman–Crippen MR) is 71.5 cm³/mol. The van der Waals surface area contributed by atoms with Gasteiger partial charge >= 0.3 is 0 Å². The molecular weight excluding hydrogens is 274 g/mol. The molecule has 0 aliphatic rings. The summed E-state index contributed by atoms with van der Waals surface area (Å²) in [5.74, 6) is -0.334. The van der Waals surface area contributed by atoms with Gasteiger partial charge in [0.1, 0.15) is 11.6 Å². The minimum Gasteiger partial charge on any atom is -0.389 e. The van der Waals surface area contributed by atoms with E-state index in [2.05, 4.69) is 10.1 Å². The molecule has 0 bridgehead atoms. The highest BCUT2D eigenvalue weighted by Crippen LogP contribution is 2.05. The van der Waals surface area contributed by atoms with Crippen LogP contribution in [0.5, 0.6) is 0 Å². The zero-order chi connectivity index (χ0) is 14.3. The number of halogens is 2. The summed E-state index contributed by atoms with van der Waals surface area (Å²) in [6, 6.07) is 6.54. The van der Waals surface area contributed by atoms with Crippen molar-refractivity contribution in [1.82, 2.24) is 5.32 Å². The topological polar surface area (TPSA) is 64.4 Å². The molecule has 0 aliphatic heterocycles. The first-order chi connectivity index (χ1) is 9.00. The SMILES string of the molecule is NC(=S)c1cccc(C(=O)NCCOCC(F)F)c1. The summed E-state index contributed by atoms with van der Waals surface area (Å²) in [6.07, 6.45) is -2.50. The van der Waals surface area contributed by atoms with E-state index < -0.39 is 13.0 Å². The Morgan fingerprint density at radius 2 is 2.11 bits per heavy atom. The Hall–Kier alpha value is -1.60. The molecule has 0 unspecified atom stereocenters. The summed E-state index contributed by atoms with van der Waals surface area (Å²) >= 11 is 4.81. The van der Waals surface area contributed by atoms with E-state index in [0.29, 0.717) is 11.1 Å². The van der Waals surface area contributed by atoms with Crippen LogP contribution >= 0.6 is 12.2 Å². The second-order valence-electron chi connectivity index (χ2n) is 3.67. The molecule has 0 aliphatic carbocycles. The third-order valence-corrected chi connectivity index (χ3v) is 2.42. The molecule has 1 aromatic carbocycles. The van der Waals surface area contributed by atoms with E-state index in [9.17, 15) is 13.6 Å². The number of nitrogens with one attached hydrogen (secondary N) is 1. The van der Waals surface area contributed by atoms with Crippen molar-refractivity contribution in [3.05, 3.63) is 35.4 Å². The molecule has 0 heterocycles. The van der Waals surface area contributed by atoms with E-state index in [4.69, 9.17) is 18.0 Å². The van der Waals surface area contributed by atoms with Gasteiger partial charge in [0.05, 0.1) is 6.61 Å². The Bertz CT molecular complexity index is 455. The second-order valence-corrected chi connectivity index (χ2v) is 4.11. The van der Waals surface area contributed by atoms with E-state index in [1.807, 2.05) is 0 Å². The zero-order valence-electron chi connectivity index (χ0n) is 10.1. The number of ether oxygens (including phenoxy) is 1. The number of alkyl halides is 2. The maximum atomic E-state index is 11.8. The van der Waals surface area contributed by atoms with E-state index >= 15 is 0 Å². The van der Waals surface area contributed by atoms with E-state index in [1.165, 1.54) is 0 Å². The van der Waals surface area contributed by atoms with Crippen molar-refractivity contribution in [2.24, 2.45) is 5.73 Å². The van der Waals surface area contributed by atoms with Gasteiger partial charge in [0.15, 0.2) is 0 Å². The van der Waals surface area contributed by atoms with Crippen LogP contribution in [-0.4, -0.2) is 37.1 Å². The lowest BCUT2D eigenvalue weighted by molar-refractivity contribution is 0.0188. The van der Waals surface area contributed by atoms with Gasteiger partial charge in [-0.25, -0.2) is 8.78 Å². The molecule has 0 spiro atoms. The van der Waals surface area contributed by atoms with Crippen molar-refractivity contribution >= 4 is 23.1 Å². The van der Waals surface area contributed by atoms with Gasteiger partial charge < -0.3 is 15.8 Å². The van der Waals surface area contributed by atoms with Crippen LogP contribution < -0.4 is 11.1 Å². The number of nitrogens with two attached hydrogens (primary N) is 1. The van der Waals surface area contributed by atoms with Crippen LogP contribution in [0.2, 0.25) is 0 Å². The van der Waals surface area contributed by atoms with Gasteiger partial charge in [0.25, 0.3) is 12.3 Å². The molecule has 0 radical (unpaired) electrons. The standard InChI is InChI=1S/C12H14F2N2O2S/c13-10(14)7-18-5-4-16-12(17)9-3-1-2-8(6-9)11(15)19/h1-3,6,10H,4-5,7H2,(H2,15,19)(H,16,17). The van der Waals surface area contributed by atoms with Crippen LogP contribution in [-0.2, 0) is 4.74 Å². The lowest BCUT2D eigenvalue weighted by Crippen LogP contribution is -2.28. The van der Waals surface area contributed by atoms with Gasteiger partial charge in [-0.1, -0.05) is 24.4 Å². The number of amides is 1. The molecule has 7 heteroatoms. The molecule has 0 saturated heterocycles. The van der Waals surface area contributed by atoms with Gasteiger partial charge in [0, 0.05) is 17.7 Å². The Morgan fingerprint density at radius 1 is 1.42 bits per heavy atom. The smallest absolute Gasteiger partial charge is 0.261 e. The van der Waals surface area contributed by atoms with Gasteiger partial charge in [-0.2, -0.15) is 0 Å². The van der Waals surface area contributed by atoms with Crippen LogP contribution in [0.3, 0.4) is 0 Å². The third-order valence-electron chi connectivity index (χ3n) is 2.19. The lowest BCUT2D eigenvalue weighted by atomic mass is 10.1. The molecule has 1 rings (SSSR count). The molecule has 0 fully saturated rings. The summed E-state index contributed by atoms with van der Waals surface area (Å²) in [4.78, 5) is 11.9. The van der Waals surface area contributed by atoms with E-state index in [-0.39, 0.29) is 24.0 Å². The molecule has 0 aromatic heterocycles. The van der Waals surface area contributed by atoms with Crippen LogP contribution in [0.4, 0.5) is 8.78 Å². The molecule has 19 heavy (non-hydrogen) atoms. The largest absolute Gasteiger partial charge is 0.389 e. The predicted octanol–water partition coefficient (Wildman–Crippen LogP) is 1.33. The van der Waals surface area contributed by atoms with Crippen molar-refractivity contribution in [3.8, 4) is 0 Å². The Balaban J connectivity index is 2.41. The molecule has 0 atom stereocenters. The fourth-order valence-corrected chi connectivity index (χ4v) is 1.45. The number of rotatable bonds is 7. The molecule has 1 aromatic rings. The fourth-order valence-electron chi connectivity index (χ4n) is 1.32. The first-order valence-corrected chi connectivity index (χ1v) is 5.95. The minimum atomic E-state index is -2.50. The van der Waals surface area contributed by atoms with Gasteiger partial charge in [-0.3, -0.25) is 4.79 Å². The monoisotopic (exact) mass is 288 g/mol. The first-order valence-electron chi connectivity index (χ1n) is 5.54. The quantitative estimate of drug-likeness (QED) is 0.587. The van der Waals surface area contributed by atoms with Crippen molar-refractivity contribution in [1.29, 1.82) is 0 Å². The molecule has 1 amide bonds. The summed E-state index contributed by atoms with van der Waals surface area (Å²) in [6.45, 7) is -0.444. The highest BCUT2D eigenvalue weighted by molar-refractivity contribution is 7.80. The third kappa shape index (κ3) is 5.71.